The number of rotatable bonds is 11. The van der Waals surface area contributed by atoms with Gasteiger partial charge in [-0.05, 0) is 42.7 Å². The minimum Gasteiger partial charge on any atom is -0.491 e. The highest BCUT2D eigenvalue weighted by Gasteiger charge is 2.20. The zero-order valence-corrected chi connectivity index (χ0v) is 12.4. The molecule has 1 unspecified atom stereocenters. The van der Waals surface area contributed by atoms with Gasteiger partial charge in [0.25, 0.3) is 0 Å². The van der Waals surface area contributed by atoms with Gasteiger partial charge in [-0.15, -0.1) is 0 Å². The molecular formula is C18H29NO3. The van der Waals surface area contributed by atoms with E-state index in [-0.39, 0.29) is 17.4 Å². The van der Waals surface area contributed by atoms with Crippen molar-refractivity contribution in [2.24, 2.45) is 5.89 Å². The zero-order chi connectivity index (χ0) is 27.5. The predicted octanol–water partition coefficient (Wildman–Crippen LogP) is 2.39. The van der Waals surface area contributed by atoms with E-state index in [0.29, 0.717) is 0 Å². The van der Waals surface area contributed by atoms with E-state index in [2.05, 4.69) is 10.1 Å². The lowest BCUT2D eigenvalue weighted by molar-refractivity contribution is 0.104. The van der Waals surface area contributed by atoms with Crippen LogP contribution < -0.4 is 10.1 Å². The standard InChI is InChI=1S/C18H29NO3/c1-14(2)19-11-17(20)13-22-18-7-5-15(6-8-18)9-10-21-12-16-3-4-16/h5-8,14,16-17,19-20H,3-4,9-13H2,1-2H3/i3D2,4D2,9D2,10D2,11D2,12D2,16D. The molecule has 0 amide bonds. The average molecular weight is 321 g/mol. The second-order valence-corrected chi connectivity index (χ2v) is 4.85. The van der Waals surface area contributed by atoms with Gasteiger partial charge < -0.3 is 19.9 Å². The third-order valence-electron chi connectivity index (χ3n) is 2.45. The second-order valence-electron chi connectivity index (χ2n) is 4.85. The van der Waals surface area contributed by atoms with E-state index in [4.69, 9.17) is 22.6 Å². The molecule has 1 aliphatic rings. The molecule has 2 rings (SSSR count). The first kappa shape index (κ1) is 6.80. The lowest BCUT2D eigenvalue weighted by atomic mass is 10.1. The molecule has 1 aliphatic carbocycles. The maximum Gasteiger partial charge on any atom is 0.119 e. The van der Waals surface area contributed by atoms with Gasteiger partial charge in [-0.25, -0.2) is 0 Å². The van der Waals surface area contributed by atoms with Crippen LogP contribution in [0.25, 0.3) is 0 Å². The van der Waals surface area contributed by atoms with Crippen molar-refractivity contribution >= 4 is 0 Å². The molecule has 2 N–H and O–H groups in total. The zero-order valence-electron chi connectivity index (χ0n) is 25.4. The van der Waals surface area contributed by atoms with Crippen molar-refractivity contribution in [2.75, 3.05) is 26.2 Å². The van der Waals surface area contributed by atoms with E-state index in [9.17, 15) is 5.11 Å². The van der Waals surface area contributed by atoms with Crippen molar-refractivity contribution < 1.29 is 32.4 Å². The van der Waals surface area contributed by atoms with Crippen molar-refractivity contribution in [3.63, 3.8) is 0 Å². The van der Waals surface area contributed by atoms with Gasteiger partial charge in [0.15, 0.2) is 0 Å². The van der Waals surface area contributed by atoms with Crippen LogP contribution in [0.5, 0.6) is 5.75 Å². The molecule has 0 saturated heterocycles. The maximum atomic E-state index is 10.0. The predicted molar refractivity (Wildman–Crippen MR) is 88.3 cm³/mol. The van der Waals surface area contributed by atoms with Gasteiger partial charge in [0.2, 0.25) is 0 Å². The quantitative estimate of drug-likeness (QED) is 0.657. The molecule has 1 aromatic carbocycles. The van der Waals surface area contributed by atoms with Crippen LogP contribution in [-0.4, -0.2) is 43.5 Å². The summed E-state index contributed by atoms with van der Waals surface area (Å²) in [5.41, 5.74) is -0.330. The van der Waals surface area contributed by atoms with Crippen LogP contribution >= 0.6 is 0 Å². The molecule has 124 valence electrons. The summed E-state index contributed by atoms with van der Waals surface area (Å²) in [4.78, 5) is 0. The Morgan fingerprint density at radius 1 is 1.41 bits per heavy atom. The summed E-state index contributed by atoms with van der Waals surface area (Å²) in [5, 5.41) is 12.6. The monoisotopic (exact) mass is 320 g/mol. The molecule has 0 radical (unpaired) electrons. The SMILES string of the molecule is [2H]C([2H])(NC(C)C)C(O)COc1ccc(C([2H])([2H])C([2H])([2H])OC([2H])([2H])C2([2H])C([2H])([2H])C2([2H])[2H])cc1. The molecule has 0 aromatic heterocycles. The number of aryl methyl sites for hydroxylation is 1. The van der Waals surface area contributed by atoms with Crippen LogP contribution in [0.2, 0.25) is 0 Å². The highest BCUT2D eigenvalue weighted by Crippen LogP contribution is 2.28. The Kier molecular flexibility index (Phi) is 2.82. The minimum absolute atomic E-state index is 0.102. The summed E-state index contributed by atoms with van der Waals surface area (Å²) < 4.78 is 112. The Hall–Kier alpha value is -1.10. The highest BCUT2D eigenvalue weighted by atomic mass is 16.5. The number of aliphatic hydroxyl groups is 1. The summed E-state index contributed by atoms with van der Waals surface area (Å²) in [5.74, 6) is -3.02. The topological polar surface area (TPSA) is 50.7 Å². The molecule has 4 heteroatoms. The van der Waals surface area contributed by atoms with Crippen LogP contribution in [-0.2, 0) is 11.1 Å². The van der Waals surface area contributed by atoms with Gasteiger partial charge in [-0.2, -0.15) is 0 Å². The Morgan fingerprint density at radius 2 is 2.14 bits per heavy atom. The van der Waals surface area contributed by atoms with E-state index in [1.165, 1.54) is 12.1 Å². The fourth-order valence-corrected chi connectivity index (χ4v) is 1.36. The Bertz CT molecular complexity index is 891. The molecule has 1 atom stereocenters. The molecule has 1 aromatic rings. The Balaban J connectivity index is 2.15. The average Bonchev–Trinajstić information content (AvgIpc) is 3.02. The maximum absolute atomic E-state index is 10.0. The molecule has 1 saturated carbocycles. The normalized spacial score (nSPS) is 33.4. The van der Waals surface area contributed by atoms with Crippen molar-refractivity contribution in [3.8, 4) is 5.75 Å². The molecule has 0 spiro atoms. The van der Waals surface area contributed by atoms with Crippen molar-refractivity contribution in [3.05, 3.63) is 29.8 Å². The van der Waals surface area contributed by atoms with Crippen molar-refractivity contribution in [2.45, 2.75) is 45.1 Å². The number of aliphatic hydroxyl groups excluding tert-OH is 1. The number of ether oxygens (including phenoxy) is 2. The number of benzene rings is 1. The lowest BCUT2D eigenvalue weighted by Gasteiger charge is -2.15. The van der Waals surface area contributed by atoms with E-state index in [1.807, 2.05) is 0 Å². The number of hydrogen-bond acceptors (Lipinski definition) is 4. The van der Waals surface area contributed by atoms with Crippen LogP contribution in [0.4, 0.5) is 0 Å². The highest BCUT2D eigenvalue weighted by molar-refractivity contribution is 5.27. The van der Waals surface area contributed by atoms with Gasteiger partial charge in [0, 0.05) is 31.4 Å². The third-order valence-corrected chi connectivity index (χ3v) is 2.45. The van der Waals surface area contributed by atoms with Gasteiger partial charge in [-0.1, -0.05) is 26.0 Å². The van der Waals surface area contributed by atoms with E-state index in [1.54, 1.807) is 13.8 Å². The number of hydrogen-bond donors (Lipinski definition) is 2. The lowest BCUT2D eigenvalue weighted by Crippen LogP contribution is -2.35. The fourth-order valence-electron chi connectivity index (χ4n) is 1.36. The Morgan fingerprint density at radius 3 is 2.77 bits per heavy atom. The first-order valence-electron chi connectivity index (χ1n) is 13.4. The van der Waals surface area contributed by atoms with Crippen molar-refractivity contribution in [1.82, 2.24) is 5.32 Å². The van der Waals surface area contributed by atoms with Crippen molar-refractivity contribution in [1.29, 1.82) is 0 Å². The smallest absolute Gasteiger partial charge is 0.119 e. The Labute approximate surface area is 152 Å². The van der Waals surface area contributed by atoms with E-state index < -0.39 is 57.3 Å². The molecule has 22 heavy (non-hydrogen) atoms. The van der Waals surface area contributed by atoms with Gasteiger partial charge >= 0.3 is 0 Å². The van der Waals surface area contributed by atoms with Crippen LogP contribution in [0, 0.1) is 5.89 Å². The van der Waals surface area contributed by atoms with E-state index >= 15 is 0 Å². The summed E-state index contributed by atoms with van der Waals surface area (Å²) in [6.07, 6.45) is -10.5. The molecule has 4 nitrogen and oxygen atoms in total. The fraction of sp³-hybridized carbons (Fsp3) is 0.667. The van der Waals surface area contributed by atoms with Gasteiger partial charge in [0.05, 0.1) is 12.0 Å². The first-order valence-corrected chi connectivity index (χ1v) is 6.87. The van der Waals surface area contributed by atoms with Gasteiger partial charge in [-0.3, -0.25) is 0 Å². The summed E-state index contributed by atoms with van der Waals surface area (Å²) >= 11 is 0. The molecular weight excluding hydrogens is 278 g/mol. The van der Waals surface area contributed by atoms with E-state index in [0.717, 1.165) is 12.1 Å². The largest absolute Gasteiger partial charge is 0.491 e. The third kappa shape index (κ3) is 7.25. The van der Waals surface area contributed by atoms with Crippen LogP contribution in [0.15, 0.2) is 24.3 Å². The molecule has 0 aliphatic heterocycles. The second kappa shape index (κ2) is 9.13. The summed E-state index contributed by atoms with van der Waals surface area (Å²) in [7, 11) is 0. The number of nitrogens with one attached hydrogen (secondary N) is 1. The molecule has 1 fully saturated rings. The van der Waals surface area contributed by atoms with Crippen LogP contribution in [0.1, 0.15) is 50.0 Å². The summed E-state index contributed by atoms with van der Waals surface area (Å²) in [6.45, 7) is -6.16. The first-order chi connectivity index (χ1) is 15.5. The summed E-state index contributed by atoms with van der Waals surface area (Å²) in [6, 6.07) is 4.41. The van der Waals surface area contributed by atoms with Gasteiger partial charge in [0.1, 0.15) is 18.5 Å². The van der Waals surface area contributed by atoms with Crippen LogP contribution in [0.3, 0.4) is 0 Å². The molecule has 0 heterocycles. The minimum atomic E-state index is -3.53. The molecule has 0 bridgehead atoms.